The van der Waals surface area contributed by atoms with Crippen molar-refractivity contribution in [3.63, 3.8) is 0 Å². The van der Waals surface area contributed by atoms with Crippen molar-refractivity contribution in [2.75, 3.05) is 12.0 Å². The average molecular weight is 587 g/mol. The number of anilines is 1. The summed E-state index contributed by atoms with van der Waals surface area (Å²) in [7, 11) is -3.77. The number of nitrogens with zero attached hydrogens (tertiary/aromatic N) is 6. The molecule has 3 N–H and O–H groups in total. The van der Waals surface area contributed by atoms with Crippen molar-refractivity contribution in [3.8, 4) is 22.4 Å². The van der Waals surface area contributed by atoms with Crippen LogP contribution in [0, 0.1) is 5.82 Å². The standard InChI is InChI=1S/C29H27FN8O3S/c1-42(40,41)26-25(17-12-18-7-8-19(13-17)37(18)29(39)24-10-11-33-36-24)35-28-21(15-34-38(28)27(26)31)16-6-9-23(32-14-16)20-4-2-3-5-22(20)30/h2-6,9-11,14-15,17-19H,7-8,12-13,31H2,1H3,(H,33,36)/t17-,18-,19+. The summed E-state index contributed by atoms with van der Waals surface area (Å²) in [5.74, 6) is -0.709. The van der Waals surface area contributed by atoms with Gasteiger partial charge in [-0.15, -0.1) is 0 Å². The van der Waals surface area contributed by atoms with Gasteiger partial charge in [0.2, 0.25) is 0 Å². The van der Waals surface area contributed by atoms with E-state index >= 15 is 0 Å². The van der Waals surface area contributed by atoms with E-state index in [-0.39, 0.29) is 40.4 Å². The molecule has 2 aliphatic heterocycles. The SMILES string of the molecule is CS(=O)(=O)c1c([C@@H]2C[C@H]3CC[C@@H](C2)N3C(=O)c2ccn[nH]2)nc2c(-c3ccc(-c4ccccc4F)nc3)cnn2c1N. The van der Waals surface area contributed by atoms with E-state index in [0.29, 0.717) is 52.3 Å². The molecule has 0 spiro atoms. The zero-order valence-electron chi connectivity index (χ0n) is 22.6. The van der Waals surface area contributed by atoms with Gasteiger partial charge in [-0.2, -0.15) is 14.7 Å². The number of carbonyl (C=O) groups excluding carboxylic acids is 1. The monoisotopic (exact) mass is 586 g/mol. The Morgan fingerprint density at radius 3 is 2.45 bits per heavy atom. The van der Waals surface area contributed by atoms with Gasteiger partial charge in [0.05, 0.1) is 17.6 Å². The van der Waals surface area contributed by atoms with Crippen molar-refractivity contribution in [3.05, 3.63) is 78.3 Å². The molecule has 0 aliphatic carbocycles. The van der Waals surface area contributed by atoms with E-state index in [1.165, 1.54) is 10.6 Å². The van der Waals surface area contributed by atoms with Crippen LogP contribution in [0.2, 0.25) is 0 Å². The highest BCUT2D eigenvalue weighted by Gasteiger charge is 2.45. The lowest BCUT2D eigenvalue weighted by atomic mass is 9.87. The molecule has 0 radical (unpaired) electrons. The number of hydrogen-bond donors (Lipinski definition) is 2. The van der Waals surface area contributed by atoms with Crippen LogP contribution in [0.25, 0.3) is 28.0 Å². The highest BCUT2D eigenvalue weighted by Crippen LogP contribution is 2.45. The first-order valence-corrected chi connectivity index (χ1v) is 15.5. The fourth-order valence-corrected chi connectivity index (χ4v) is 7.56. The number of sulfone groups is 1. The van der Waals surface area contributed by atoms with Gasteiger partial charge in [0, 0.05) is 53.3 Å². The summed E-state index contributed by atoms with van der Waals surface area (Å²) < 4.78 is 41.8. The Hall–Kier alpha value is -4.65. The molecule has 0 unspecified atom stereocenters. The maximum absolute atomic E-state index is 14.3. The topological polar surface area (TPSA) is 152 Å². The maximum atomic E-state index is 14.3. The summed E-state index contributed by atoms with van der Waals surface area (Å²) in [4.78, 5) is 24.4. The molecule has 0 saturated carbocycles. The quantitative estimate of drug-likeness (QED) is 0.315. The van der Waals surface area contributed by atoms with Crippen molar-refractivity contribution < 1.29 is 17.6 Å². The number of amides is 1. The smallest absolute Gasteiger partial charge is 0.272 e. The molecule has 4 aromatic heterocycles. The van der Waals surface area contributed by atoms with Gasteiger partial charge in [-0.3, -0.25) is 14.9 Å². The van der Waals surface area contributed by atoms with E-state index < -0.39 is 9.84 Å². The van der Waals surface area contributed by atoms with Crippen molar-refractivity contribution >= 4 is 27.2 Å². The largest absolute Gasteiger partial charge is 0.382 e. The number of nitrogens with two attached hydrogens (primary N) is 1. The highest BCUT2D eigenvalue weighted by molar-refractivity contribution is 7.91. The molecule has 42 heavy (non-hydrogen) atoms. The van der Waals surface area contributed by atoms with Crippen LogP contribution in [0.4, 0.5) is 10.2 Å². The number of aromatic nitrogens is 6. The van der Waals surface area contributed by atoms with Crippen LogP contribution in [-0.4, -0.2) is 67.3 Å². The Labute approximate surface area is 240 Å². The van der Waals surface area contributed by atoms with Gasteiger partial charge in [-0.05, 0) is 49.9 Å². The van der Waals surface area contributed by atoms with Gasteiger partial charge >= 0.3 is 0 Å². The first-order chi connectivity index (χ1) is 20.2. The summed E-state index contributed by atoms with van der Waals surface area (Å²) in [5.41, 5.74) is 9.88. The van der Waals surface area contributed by atoms with Crippen LogP contribution in [0.3, 0.4) is 0 Å². The summed E-state index contributed by atoms with van der Waals surface area (Å²) in [6.07, 6.45) is 8.62. The van der Waals surface area contributed by atoms with Crippen LogP contribution in [0.5, 0.6) is 0 Å². The molecule has 214 valence electrons. The number of nitrogen functional groups attached to an aromatic ring is 1. The molecule has 2 saturated heterocycles. The number of aromatic amines is 1. The van der Waals surface area contributed by atoms with Gasteiger partial charge in [0.15, 0.2) is 15.5 Å². The number of H-pyrrole nitrogens is 1. The van der Waals surface area contributed by atoms with Gasteiger partial charge < -0.3 is 10.6 Å². The molecule has 2 bridgehead atoms. The van der Waals surface area contributed by atoms with Gasteiger partial charge in [-0.25, -0.2) is 17.8 Å². The van der Waals surface area contributed by atoms with Crippen LogP contribution in [0.1, 0.15) is 47.8 Å². The van der Waals surface area contributed by atoms with E-state index in [0.717, 1.165) is 19.1 Å². The number of rotatable bonds is 5. The molecule has 13 heteroatoms. The fourth-order valence-electron chi connectivity index (χ4n) is 6.51. The second-order valence-electron chi connectivity index (χ2n) is 10.9. The zero-order valence-corrected chi connectivity index (χ0v) is 23.4. The lowest BCUT2D eigenvalue weighted by molar-refractivity contribution is 0.0562. The third kappa shape index (κ3) is 4.23. The molecule has 11 nitrogen and oxygen atoms in total. The molecule has 1 amide bonds. The molecule has 5 aromatic rings. The maximum Gasteiger partial charge on any atom is 0.272 e. The fraction of sp³-hybridized carbons (Fsp3) is 0.276. The molecule has 1 aromatic carbocycles. The lowest BCUT2D eigenvalue weighted by Gasteiger charge is -2.39. The molecular formula is C29H27FN8O3S. The van der Waals surface area contributed by atoms with Gasteiger partial charge in [-0.1, -0.05) is 18.2 Å². The lowest BCUT2D eigenvalue weighted by Crippen LogP contribution is -2.46. The summed E-state index contributed by atoms with van der Waals surface area (Å²) >= 11 is 0. The number of carbonyl (C=O) groups is 1. The van der Waals surface area contributed by atoms with E-state index in [4.69, 9.17) is 10.7 Å². The van der Waals surface area contributed by atoms with Crippen molar-refractivity contribution in [1.29, 1.82) is 0 Å². The summed E-state index contributed by atoms with van der Waals surface area (Å²) in [5, 5.41) is 11.0. The van der Waals surface area contributed by atoms with E-state index in [2.05, 4.69) is 20.3 Å². The van der Waals surface area contributed by atoms with Crippen molar-refractivity contribution in [2.24, 2.45) is 0 Å². The first kappa shape index (κ1) is 26.3. The van der Waals surface area contributed by atoms with Crippen LogP contribution >= 0.6 is 0 Å². The van der Waals surface area contributed by atoms with Crippen LogP contribution in [-0.2, 0) is 9.84 Å². The minimum Gasteiger partial charge on any atom is -0.382 e. The van der Waals surface area contributed by atoms with E-state index in [9.17, 15) is 17.6 Å². The summed E-state index contributed by atoms with van der Waals surface area (Å²) in [6, 6.07) is 11.5. The Morgan fingerprint density at radius 1 is 1.05 bits per heavy atom. The van der Waals surface area contributed by atoms with Crippen LogP contribution in [0.15, 0.2) is 66.0 Å². The zero-order chi connectivity index (χ0) is 29.2. The number of halogens is 1. The second-order valence-corrected chi connectivity index (χ2v) is 12.9. The second kappa shape index (κ2) is 9.72. The Bertz CT molecular complexity index is 1930. The predicted octanol–water partition coefficient (Wildman–Crippen LogP) is 3.86. The first-order valence-electron chi connectivity index (χ1n) is 13.6. The number of pyridine rings is 1. The number of piperidine rings is 1. The molecule has 2 fully saturated rings. The van der Waals surface area contributed by atoms with Gasteiger partial charge in [0.1, 0.15) is 22.2 Å². The third-order valence-corrected chi connectivity index (χ3v) is 9.50. The Balaban J connectivity index is 1.28. The highest BCUT2D eigenvalue weighted by atomic mass is 32.2. The Kier molecular flexibility index (Phi) is 6.08. The summed E-state index contributed by atoms with van der Waals surface area (Å²) in [6.45, 7) is 0. The number of fused-ring (bicyclic) bond motifs is 3. The van der Waals surface area contributed by atoms with Gasteiger partial charge in [0.25, 0.3) is 5.91 Å². The number of benzene rings is 1. The molecular weight excluding hydrogens is 559 g/mol. The minimum absolute atomic E-state index is 0.0111. The normalized spacial score (nSPS) is 20.3. The molecule has 2 aliphatic rings. The minimum atomic E-state index is -3.77. The van der Waals surface area contributed by atoms with Crippen LogP contribution < -0.4 is 5.73 Å². The van der Waals surface area contributed by atoms with Crippen molar-refractivity contribution in [2.45, 2.75) is 48.6 Å². The third-order valence-electron chi connectivity index (χ3n) is 8.34. The van der Waals surface area contributed by atoms with E-state index in [1.54, 1.807) is 55.0 Å². The Morgan fingerprint density at radius 2 is 1.81 bits per heavy atom. The van der Waals surface area contributed by atoms with Crippen molar-refractivity contribution in [1.82, 2.24) is 34.7 Å². The predicted molar refractivity (Wildman–Crippen MR) is 153 cm³/mol. The molecule has 3 atom stereocenters. The molecule has 7 rings (SSSR count). The molecule has 6 heterocycles. The number of hydrogen-bond acceptors (Lipinski definition) is 8. The van der Waals surface area contributed by atoms with E-state index in [1.807, 2.05) is 4.90 Å². The average Bonchev–Trinajstić information content (AvgIpc) is 3.71. The number of nitrogens with one attached hydrogen (secondary N) is 1.